The van der Waals surface area contributed by atoms with Gasteiger partial charge < -0.3 is 20.8 Å². The number of aromatic hydroxyl groups is 1. The van der Waals surface area contributed by atoms with E-state index in [0.29, 0.717) is 17.3 Å². The van der Waals surface area contributed by atoms with Gasteiger partial charge in [-0.1, -0.05) is 23.7 Å². The molecule has 2 aromatic rings. The number of phenolic OH excluding ortho intramolecular Hbond substituents is 1. The molecular formula is C15H17ClN2O3S. The second-order valence-electron chi connectivity index (χ2n) is 4.78. The quantitative estimate of drug-likeness (QED) is 0.652. The zero-order chi connectivity index (χ0) is 15.9. The highest BCUT2D eigenvalue weighted by Crippen LogP contribution is 2.20. The van der Waals surface area contributed by atoms with E-state index in [0.717, 1.165) is 10.4 Å². The lowest BCUT2D eigenvalue weighted by atomic mass is 10.1. The monoisotopic (exact) mass is 340 g/mol. The van der Waals surface area contributed by atoms with Crippen LogP contribution < -0.4 is 10.6 Å². The molecule has 1 aromatic heterocycles. The molecule has 4 N–H and O–H groups in total. The summed E-state index contributed by atoms with van der Waals surface area (Å²) in [6.07, 6.45) is 0.481. The van der Waals surface area contributed by atoms with Crippen LogP contribution in [0.1, 0.15) is 10.4 Å². The van der Waals surface area contributed by atoms with Gasteiger partial charge in [0.25, 0.3) is 0 Å². The van der Waals surface area contributed by atoms with E-state index in [-0.39, 0.29) is 18.4 Å². The summed E-state index contributed by atoms with van der Waals surface area (Å²) >= 11 is 7.23. The average Bonchev–Trinajstić information content (AvgIpc) is 2.92. The van der Waals surface area contributed by atoms with Crippen molar-refractivity contribution in [2.75, 3.05) is 6.61 Å². The van der Waals surface area contributed by atoms with Crippen LogP contribution in [0.2, 0.25) is 4.34 Å². The van der Waals surface area contributed by atoms with Gasteiger partial charge >= 0.3 is 6.03 Å². The molecule has 0 radical (unpaired) electrons. The van der Waals surface area contributed by atoms with E-state index in [4.69, 9.17) is 11.6 Å². The van der Waals surface area contributed by atoms with Gasteiger partial charge in [-0.05, 0) is 36.2 Å². The van der Waals surface area contributed by atoms with Crippen molar-refractivity contribution < 1.29 is 15.0 Å². The highest BCUT2D eigenvalue weighted by atomic mass is 35.5. The molecule has 1 atom stereocenters. The van der Waals surface area contributed by atoms with Crippen molar-refractivity contribution in [3.8, 4) is 5.75 Å². The molecule has 1 heterocycles. The van der Waals surface area contributed by atoms with Crippen molar-refractivity contribution in [3.05, 3.63) is 51.2 Å². The van der Waals surface area contributed by atoms with E-state index in [9.17, 15) is 15.0 Å². The van der Waals surface area contributed by atoms with Crippen molar-refractivity contribution in [1.82, 2.24) is 10.6 Å². The first-order valence-corrected chi connectivity index (χ1v) is 7.93. The summed E-state index contributed by atoms with van der Waals surface area (Å²) in [5.74, 6) is 0.185. The minimum Gasteiger partial charge on any atom is -0.508 e. The van der Waals surface area contributed by atoms with E-state index >= 15 is 0 Å². The molecule has 0 fully saturated rings. The topological polar surface area (TPSA) is 81.6 Å². The molecule has 1 aromatic carbocycles. The van der Waals surface area contributed by atoms with Crippen molar-refractivity contribution in [2.45, 2.75) is 19.0 Å². The van der Waals surface area contributed by atoms with E-state index < -0.39 is 6.04 Å². The molecule has 0 aliphatic heterocycles. The van der Waals surface area contributed by atoms with Crippen LogP contribution in [-0.2, 0) is 13.0 Å². The number of aliphatic hydroxyl groups is 1. The van der Waals surface area contributed by atoms with Crippen LogP contribution in [0.4, 0.5) is 4.79 Å². The first kappa shape index (κ1) is 16.6. The molecule has 5 nitrogen and oxygen atoms in total. The summed E-state index contributed by atoms with van der Waals surface area (Å²) in [6.45, 7) is 0.222. The molecule has 2 amide bonds. The van der Waals surface area contributed by atoms with Gasteiger partial charge in [-0.3, -0.25) is 0 Å². The number of halogens is 1. The first-order chi connectivity index (χ1) is 10.6. The Labute approximate surface area is 137 Å². The molecule has 0 spiro atoms. The van der Waals surface area contributed by atoms with Crippen molar-refractivity contribution in [3.63, 3.8) is 0 Å². The maximum absolute atomic E-state index is 11.8. The standard InChI is InChI=1S/C15H17ClN2O3S/c16-14-6-5-13(22-14)8-17-15(21)18-11(9-19)7-10-1-3-12(20)4-2-10/h1-6,11,19-20H,7-9H2,(H2,17,18,21). The van der Waals surface area contributed by atoms with Gasteiger partial charge in [0.2, 0.25) is 0 Å². The van der Waals surface area contributed by atoms with Crippen molar-refractivity contribution >= 4 is 29.0 Å². The third kappa shape index (κ3) is 5.22. The number of thiophene rings is 1. The maximum atomic E-state index is 11.8. The number of carbonyl (C=O) groups excluding carboxylic acids is 1. The van der Waals surface area contributed by atoms with Crippen LogP contribution >= 0.6 is 22.9 Å². The molecule has 2 rings (SSSR count). The molecule has 0 saturated heterocycles. The Balaban J connectivity index is 1.81. The number of rotatable bonds is 6. The lowest BCUT2D eigenvalue weighted by Gasteiger charge is -2.17. The average molecular weight is 341 g/mol. The fraction of sp³-hybridized carbons (Fsp3) is 0.267. The summed E-state index contributed by atoms with van der Waals surface area (Å²) in [5.41, 5.74) is 0.919. The first-order valence-electron chi connectivity index (χ1n) is 6.74. The van der Waals surface area contributed by atoms with E-state index in [1.807, 2.05) is 6.07 Å². The molecule has 0 aliphatic carbocycles. The number of phenols is 1. The summed E-state index contributed by atoms with van der Waals surface area (Å²) in [4.78, 5) is 12.8. The zero-order valence-corrected chi connectivity index (χ0v) is 13.3. The summed E-state index contributed by atoms with van der Waals surface area (Å²) in [5, 5.41) is 24.0. The summed E-state index contributed by atoms with van der Waals surface area (Å²) in [7, 11) is 0. The minimum atomic E-state index is -0.392. The molecule has 7 heteroatoms. The molecule has 0 aliphatic rings. The predicted octanol–water partition coefficient (Wildman–Crippen LogP) is 2.51. The fourth-order valence-corrected chi connectivity index (χ4v) is 2.96. The second kappa shape index (κ2) is 8.03. The zero-order valence-electron chi connectivity index (χ0n) is 11.8. The summed E-state index contributed by atoms with van der Waals surface area (Å²) < 4.78 is 0.678. The van der Waals surface area contributed by atoms with Crippen molar-refractivity contribution in [2.24, 2.45) is 0 Å². The van der Waals surface area contributed by atoms with Crippen molar-refractivity contribution in [1.29, 1.82) is 0 Å². The van der Waals surface area contributed by atoms with Gasteiger partial charge in [0.15, 0.2) is 0 Å². The molecule has 22 heavy (non-hydrogen) atoms. The number of hydrogen-bond acceptors (Lipinski definition) is 4. The smallest absolute Gasteiger partial charge is 0.315 e. The maximum Gasteiger partial charge on any atom is 0.315 e. The highest BCUT2D eigenvalue weighted by Gasteiger charge is 2.12. The predicted molar refractivity (Wildman–Crippen MR) is 87.4 cm³/mol. The van der Waals surface area contributed by atoms with E-state index in [1.54, 1.807) is 30.3 Å². The van der Waals surface area contributed by atoms with Crippen LogP contribution in [-0.4, -0.2) is 28.9 Å². The van der Waals surface area contributed by atoms with E-state index in [1.165, 1.54) is 11.3 Å². The van der Waals surface area contributed by atoms with E-state index in [2.05, 4.69) is 10.6 Å². The number of benzene rings is 1. The SMILES string of the molecule is O=C(NCc1ccc(Cl)s1)NC(CO)Cc1ccc(O)cc1. The van der Waals surface area contributed by atoms with Gasteiger partial charge in [0.05, 0.1) is 23.5 Å². The Morgan fingerprint density at radius 1 is 1.23 bits per heavy atom. The normalized spacial score (nSPS) is 11.9. The number of urea groups is 1. The Kier molecular flexibility index (Phi) is 6.06. The van der Waals surface area contributed by atoms with Crippen LogP contribution in [0.5, 0.6) is 5.75 Å². The van der Waals surface area contributed by atoms with Gasteiger partial charge in [0.1, 0.15) is 5.75 Å². The minimum absolute atomic E-state index is 0.168. The fourth-order valence-electron chi connectivity index (χ4n) is 1.93. The van der Waals surface area contributed by atoms with Gasteiger partial charge in [0, 0.05) is 4.88 Å². The number of amides is 2. The van der Waals surface area contributed by atoms with Gasteiger partial charge in [-0.2, -0.15) is 0 Å². The Morgan fingerprint density at radius 3 is 2.55 bits per heavy atom. The number of hydrogen-bond donors (Lipinski definition) is 4. The van der Waals surface area contributed by atoms with Crippen LogP contribution in [0.25, 0.3) is 0 Å². The van der Waals surface area contributed by atoms with Gasteiger partial charge in [-0.15, -0.1) is 11.3 Å². The Hall–Kier alpha value is -1.76. The number of carbonyl (C=O) groups is 1. The van der Waals surface area contributed by atoms with Crippen LogP contribution in [0, 0.1) is 0 Å². The molecule has 0 saturated carbocycles. The highest BCUT2D eigenvalue weighted by molar-refractivity contribution is 7.16. The third-order valence-corrected chi connectivity index (χ3v) is 4.26. The number of nitrogens with one attached hydrogen (secondary N) is 2. The third-order valence-electron chi connectivity index (χ3n) is 3.03. The lowest BCUT2D eigenvalue weighted by molar-refractivity contribution is 0.215. The number of aliphatic hydroxyl groups excluding tert-OH is 1. The largest absolute Gasteiger partial charge is 0.508 e. The summed E-state index contributed by atoms with van der Waals surface area (Å²) in [6, 6.07) is 9.56. The molecule has 0 bridgehead atoms. The second-order valence-corrected chi connectivity index (χ2v) is 6.58. The Bertz CT molecular complexity index is 616. The van der Waals surface area contributed by atoms with Crippen LogP contribution in [0.15, 0.2) is 36.4 Å². The Morgan fingerprint density at radius 2 is 1.95 bits per heavy atom. The molecule has 1 unspecified atom stereocenters. The molecular weight excluding hydrogens is 324 g/mol. The molecule has 118 valence electrons. The van der Waals surface area contributed by atoms with Gasteiger partial charge in [-0.25, -0.2) is 4.79 Å². The van der Waals surface area contributed by atoms with Crippen LogP contribution in [0.3, 0.4) is 0 Å². The lowest BCUT2D eigenvalue weighted by Crippen LogP contribution is -2.44.